The first-order valence-electron chi connectivity index (χ1n) is 7.15. The summed E-state index contributed by atoms with van der Waals surface area (Å²) in [5.41, 5.74) is 1.25. The summed E-state index contributed by atoms with van der Waals surface area (Å²) in [7, 11) is 0. The van der Waals surface area contributed by atoms with Gasteiger partial charge in [-0.05, 0) is 29.4 Å². The molecule has 0 N–H and O–H groups in total. The van der Waals surface area contributed by atoms with E-state index in [4.69, 9.17) is 0 Å². The maximum atomic E-state index is 14.8. The molecule has 0 nitrogen and oxygen atoms in total. The van der Waals surface area contributed by atoms with Crippen molar-refractivity contribution in [3.63, 3.8) is 0 Å². The van der Waals surface area contributed by atoms with Gasteiger partial charge in [0.2, 0.25) is 0 Å². The second-order valence-electron chi connectivity index (χ2n) is 6.05. The molecule has 1 aliphatic rings. The second kappa shape index (κ2) is 6.23. The van der Waals surface area contributed by atoms with Crippen LogP contribution in [0.15, 0.2) is 39.5 Å². The quantitative estimate of drug-likeness (QED) is 0.580. The Morgan fingerprint density at radius 1 is 1.40 bits per heavy atom. The Morgan fingerprint density at radius 3 is 2.70 bits per heavy atom. The smallest absolute Gasteiger partial charge is 0.114 e. The lowest BCUT2D eigenvalue weighted by atomic mass is 9.67. The van der Waals surface area contributed by atoms with Crippen LogP contribution in [0, 0.1) is 11.3 Å². The van der Waals surface area contributed by atoms with Crippen LogP contribution in [0.5, 0.6) is 0 Å². The van der Waals surface area contributed by atoms with E-state index in [1.165, 1.54) is 10.5 Å². The molecule has 2 atom stereocenters. The number of fused-ring (bicyclic) bond motifs is 1. The molecule has 2 unspecified atom stereocenters. The minimum atomic E-state index is -0.0993. The summed E-state index contributed by atoms with van der Waals surface area (Å²) in [4.78, 5) is 1.30. The molecule has 0 saturated heterocycles. The molecule has 2 rings (SSSR count). The molecule has 0 fully saturated rings. The Hall–Kier alpha value is -0.280. The van der Waals surface area contributed by atoms with E-state index in [0.717, 1.165) is 5.75 Å². The van der Waals surface area contributed by atoms with Crippen LogP contribution in [0.3, 0.4) is 0 Å². The summed E-state index contributed by atoms with van der Waals surface area (Å²) in [6, 6.07) is 8.50. The first kappa shape index (κ1) is 16.1. The maximum absolute atomic E-state index is 14.8. The predicted octanol–water partition coefficient (Wildman–Crippen LogP) is 6.52. The van der Waals surface area contributed by atoms with Crippen molar-refractivity contribution in [1.29, 1.82) is 0 Å². The Labute approximate surface area is 134 Å². The largest absolute Gasteiger partial charge is 0.211 e. The molecule has 1 heterocycles. The highest BCUT2D eigenvalue weighted by atomic mass is 79.9. The zero-order chi connectivity index (χ0) is 14.9. The highest BCUT2D eigenvalue weighted by Crippen LogP contribution is 2.52. The van der Waals surface area contributed by atoms with E-state index in [0.29, 0.717) is 16.8 Å². The number of allylic oxidation sites excluding steroid dienone is 2. The van der Waals surface area contributed by atoms with Gasteiger partial charge in [-0.25, -0.2) is 4.39 Å². The van der Waals surface area contributed by atoms with Gasteiger partial charge in [0, 0.05) is 21.0 Å². The molecule has 110 valence electrons. The van der Waals surface area contributed by atoms with Gasteiger partial charge in [0.1, 0.15) is 5.83 Å². The summed E-state index contributed by atoms with van der Waals surface area (Å²) in [5, 5.41) is 0. The lowest BCUT2D eigenvalue weighted by Crippen LogP contribution is -2.31. The number of rotatable bonds is 2. The Morgan fingerprint density at radius 2 is 2.05 bits per heavy atom. The van der Waals surface area contributed by atoms with E-state index >= 15 is 0 Å². The van der Waals surface area contributed by atoms with Crippen molar-refractivity contribution in [3.05, 3.63) is 40.1 Å². The average molecular weight is 357 g/mol. The SMILES string of the molecule is CC/C(Br)=C(/F)C1CSc2ccccc2C(C)C1(C)C. The van der Waals surface area contributed by atoms with Crippen LogP contribution in [0.4, 0.5) is 4.39 Å². The predicted molar refractivity (Wildman–Crippen MR) is 90.2 cm³/mol. The summed E-state index contributed by atoms with van der Waals surface area (Å²) in [6.45, 7) is 8.60. The molecule has 1 aliphatic heterocycles. The van der Waals surface area contributed by atoms with E-state index < -0.39 is 0 Å². The van der Waals surface area contributed by atoms with Crippen LogP contribution in [-0.2, 0) is 0 Å². The van der Waals surface area contributed by atoms with Crippen LogP contribution in [-0.4, -0.2) is 5.75 Å². The van der Waals surface area contributed by atoms with Crippen molar-refractivity contribution in [2.24, 2.45) is 11.3 Å². The topological polar surface area (TPSA) is 0 Å². The number of hydrogen-bond donors (Lipinski definition) is 0. The van der Waals surface area contributed by atoms with Gasteiger partial charge in [0.15, 0.2) is 0 Å². The summed E-state index contributed by atoms with van der Waals surface area (Å²) >= 11 is 5.19. The molecule has 0 bridgehead atoms. The van der Waals surface area contributed by atoms with E-state index in [2.05, 4.69) is 61.0 Å². The van der Waals surface area contributed by atoms with Crippen LogP contribution < -0.4 is 0 Å². The fourth-order valence-corrected chi connectivity index (χ4v) is 4.60. The van der Waals surface area contributed by atoms with Gasteiger partial charge in [-0.1, -0.05) is 61.8 Å². The monoisotopic (exact) mass is 356 g/mol. The second-order valence-corrected chi connectivity index (χ2v) is 8.07. The van der Waals surface area contributed by atoms with E-state index in [9.17, 15) is 4.39 Å². The third-order valence-electron chi connectivity index (χ3n) is 4.68. The number of hydrogen-bond acceptors (Lipinski definition) is 1. The van der Waals surface area contributed by atoms with Crippen LogP contribution in [0.25, 0.3) is 0 Å². The minimum Gasteiger partial charge on any atom is -0.211 e. The van der Waals surface area contributed by atoms with Crippen LogP contribution in [0.1, 0.15) is 45.6 Å². The Kier molecular flexibility index (Phi) is 5.01. The fourth-order valence-electron chi connectivity index (χ4n) is 2.82. The van der Waals surface area contributed by atoms with Crippen molar-refractivity contribution in [2.45, 2.75) is 44.9 Å². The van der Waals surface area contributed by atoms with Crippen molar-refractivity contribution in [3.8, 4) is 0 Å². The Balaban J connectivity index is 2.46. The van der Waals surface area contributed by atoms with Gasteiger partial charge in [0.05, 0.1) is 0 Å². The molecule has 0 amide bonds. The highest BCUT2D eigenvalue weighted by Gasteiger charge is 2.41. The van der Waals surface area contributed by atoms with E-state index in [1.54, 1.807) is 11.8 Å². The van der Waals surface area contributed by atoms with Gasteiger partial charge >= 0.3 is 0 Å². The van der Waals surface area contributed by atoms with E-state index in [-0.39, 0.29) is 17.2 Å². The molecular formula is C17H22BrFS. The van der Waals surface area contributed by atoms with Gasteiger partial charge < -0.3 is 0 Å². The molecule has 3 heteroatoms. The summed E-state index contributed by atoms with van der Waals surface area (Å²) in [6.07, 6.45) is 0.713. The highest BCUT2D eigenvalue weighted by molar-refractivity contribution is 9.11. The molecule has 1 aromatic rings. The van der Waals surface area contributed by atoms with Gasteiger partial charge in [-0.15, -0.1) is 11.8 Å². The molecular weight excluding hydrogens is 335 g/mol. The van der Waals surface area contributed by atoms with E-state index in [1.807, 2.05) is 6.92 Å². The number of thioether (sulfide) groups is 1. The van der Waals surface area contributed by atoms with Crippen molar-refractivity contribution in [2.75, 3.05) is 5.75 Å². The van der Waals surface area contributed by atoms with Crippen LogP contribution >= 0.6 is 27.7 Å². The molecule has 0 aromatic heterocycles. The average Bonchev–Trinajstić information content (AvgIpc) is 2.54. The van der Waals surface area contributed by atoms with Crippen molar-refractivity contribution >= 4 is 27.7 Å². The molecule has 0 aliphatic carbocycles. The lowest BCUT2D eigenvalue weighted by Gasteiger charge is -2.37. The summed E-state index contributed by atoms with van der Waals surface area (Å²) in [5.74, 6) is 1.12. The Bertz CT molecular complexity index is 521. The molecule has 1 aromatic carbocycles. The third-order valence-corrected chi connectivity index (χ3v) is 6.80. The summed E-state index contributed by atoms with van der Waals surface area (Å²) < 4.78 is 15.5. The zero-order valence-corrected chi connectivity index (χ0v) is 14.9. The van der Waals surface area contributed by atoms with Gasteiger partial charge in [-0.3, -0.25) is 0 Å². The molecule has 0 radical (unpaired) electrons. The zero-order valence-electron chi connectivity index (χ0n) is 12.5. The molecule has 0 saturated carbocycles. The van der Waals surface area contributed by atoms with Crippen molar-refractivity contribution in [1.82, 2.24) is 0 Å². The van der Waals surface area contributed by atoms with Crippen molar-refractivity contribution < 1.29 is 4.39 Å². The normalized spacial score (nSPS) is 26.5. The lowest BCUT2D eigenvalue weighted by molar-refractivity contribution is 0.197. The standard InChI is InChI=1S/C17H22BrFS/c1-5-14(18)16(19)13-10-20-15-9-7-6-8-12(15)11(2)17(13,3)4/h6-9,11,13H,5,10H2,1-4H3/b16-14-. The minimum absolute atomic E-state index is 0.0321. The molecule has 0 spiro atoms. The number of halogens is 2. The van der Waals surface area contributed by atoms with Gasteiger partial charge in [-0.2, -0.15) is 0 Å². The fraction of sp³-hybridized carbons (Fsp3) is 0.529. The van der Waals surface area contributed by atoms with Crippen LogP contribution in [0.2, 0.25) is 0 Å². The molecule has 20 heavy (non-hydrogen) atoms. The maximum Gasteiger partial charge on any atom is 0.114 e. The third kappa shape index (κ3) is 2.85. The number of benzene rings is 1. The van der Waals surface area contributed by atoms with Gasteiger partial charge in [0.25, 0.3) is 0 Å². The first-order chi connectivity index (χ1) is 9.39. The first-order valence-corrected chi connectivity index (χ1v) is 8.93.